The zero-order valence-electron chi connectivity index (χ0n) is 16.8. The van der Waals surface area contributed by atoms with E-state index in [1.165, 1.54) is 11.3 Å². The molecule has 4 bridgehead atoms. The fourth-order valence-electron chi connectivity index (χ4n) is 6.17. The Morgan fingerprint density at radius 3 is 2.52 bits per heavy atom. The second kappa shape index (κ2) is 7.58. The van der Waals surface area contributed by atoms with E-state index in [1.54, 1.807) is 24.9 Å². The number of halogens is 1. The van der Waals surface area contributed by atoms with Crippen LogP contribution in [-0.4, -0.2) is 41.9 Å². The molecule has 29 heavy (non-hydrogen) atoms. The van der Waals surface area contributed by atoms with Gasteiger partial charge in [-0.05, 0) is 62.5 Å². The molecule has 0 spiro atoms. The molecule has 1 aromatic heterocycles. The van der Waals surface area contributed by atoms with E-state index in [9.17, 15) is 14.4 Å². The highest BCUT2D eigenvalue weighted by Gasteiger charge is 2.61. The molecule has 0 radical (unpaired) electrons. The first-order chi connectivity index (χ1) is 13.7. The number of hydrogen-bond donors (Lipinski definition) is 1. The maximum Gasteiger partial charge on any atom is 0.312 e. The Morgan fingerprint density at radius 2 is 1.93 bits per heavy atom. The van der Waals surface area contributed by atoms with Crippen LogP contribution in [0.4, 0.5) is 0 Å². The Hall–Kier alpha value is -1.60. The molecule has 2 amide bonds. The number of hydrogen-bond acceptors (Lipinski definition) is 5. The smallest absolute Gasteiger partial charge is 0.312 e. The fraction of sp³-hybridized carbons (Fsp3) is 0.667. The third kappa shape index (κ3) is 4.17. The van der Waals surface area contributed by atoms with Crippen LogP contribution in [0.25, 0.3) is 0 Å². The molecule has 0 saturated heterocycles. The number of likely N-dealkylation sites (N-methyl/N-ethyl adjacent to an activating group) is 1. The van der Waals surface area contributed by atoms with Gasteiger partial charge in [-0.25, -0.2) is 0 Å². The average Bonchev–Trinajstić information content (AvgIpc) is 3.01. The summed E-state index contributed by atoms with van der Waals surface area (Å²) in [5.74, 6) is 0.336. The normalized spacial score (nSPS) is 32.1. The molecule has 6 nitrogen and oxygen atoms in total. The number of ether oxygens (including phenoxy) is 1. The van der Waals surface area contributed by atoms with Crippen molar-refractivity contribution in [2.45, 2.75) is 57.5 Å². The second-order valence-electron chi connectivity index (χ2n) is 9.23. The SMILES string of the molecule is CC(=O)NC12CC3CC(C1)CC(C(=O)OCC(=O)N(C)Cc1ccc(Cl)s1)(C3)C2. The maximum absolute atomic E-state index is 13.1. The molecule has 2 atom stereocenters. The minimum Gasteiger partial charge on any atom is -0.455 e. The highest BCUT2D eigenvalue weighted by atomic mass is 35.5. The van der Waals surface area contributed by atoms with Gasteiger partial charge in [-0.15, -0.1) is 11.3 Å². The first kappa shape index (κ1) is 20.7. The van der Waals surface area contributed by atoms with Gasteiger partial charge in [0.05, 0.1) is 16.3 Å². The molecule has 0 aliphatic heterocycles. The summed E-state index contributed by atoms with van der Waals surface area (Å²) in [6, 6.07) is 3.69. The van der Waals surface area contributed by atoms with Crippen LogP contribution in [0.15, 0.2) is 12.1 Å². The van der Waals surface area contributed by atoms with Crippen LogP contribution in [-0.2, 0) is 25.7 Å². The highest BCUT2D eigenvalue weighted by molar-refractivity contribution is 7.16. The molecule has 4 aliphatic carbocycles. The lowest BCUT2D eigenvalue weighted by atomic mass is 9.47. The van der Waals surface area contributed by atoms with Gasteiger partial charge in [0.15, 0.2) is 6.61 Å². The summed E-state index contributed by atoms with van der Waals surface area (Å²) in [7, 11) is 1.69. The van der Waals surface area contributed by atoms with Gasteiger partial charge in [0, 0.05) is 24.4 Å². The molecule has 4 aliphatic rings. The topological polar surface area (TPSA) is 75.7 Å². The first-order valence-corrected chi connectivity index (χ1v) is 11.3. The lowest BCUT2D eigenvalue weighted by Gasteiger charge is -2.60. The van der Waals surface area contributed by atoms with Crippen molar-refractivity contribution in [3.05, 3.63) is 21.3 Å². The number of carbonyl (C=O) groups is 3. The number of thiophene rings is 1. The van der Waals surface area contributed by atoms with E-state index in [2.05, 4.69) is 5.32 Å². The number of amides is 2. The van der Waals surface area contributed by atoms with Crippen molar-refractivity contribution in [3.8, 4) is 0 Å². The Morgan fingerprint density at radius 1 is 1.24 bits per heavy atom. The quantitative estimate of drug-likeness (QED) is 0.691. The zero-order valence-corrected chi connectivity index (χ0v) is 18.4. The number of nitrogens with one attached hydrogen (secondary N) is 1. The summed E-state index contributed by atoms with van der Waals surface area (Å²) < 4.78 is 6.22. The largest absolute Gasteiger partial charge is 0.455 e. The van der Waals surface area contributed by atoms with Crippen molar-refractivity contribution in [2.24, 2.45) is 17.3 Å². The first-order valence-electron chi connectivity index (χ1n) is 10.1. The van der Waals surface area contributed by atoms with Gasteiger partial charge in [-0.1, -0.05) is 11.6 Å². The van der Waals surface area contributed by atoms with Crippen LogP contribution in [0.3, 0.4) is 0 Å². The summed E-state index contributed by atoms with van der Waals surface area (Å²) in [5, 5.41) is 3.15. The molecule has 5 rings (SSSR count). The van der Waals surface area contributed by atoms with Crippen molar-refractivity contribution >= 4 is 40.7 Å². The molecule has 4 fully saturated rings. The van der Waals surface area contributed by atoms with Crippen molar-refractivity contribution in [1.82, 2.24) is 10.2 Å². The van der Waals surface area contributed by atoms with Crippen LogP contribution < -0.4 is 5.32 Å². The van der Waals surface area contributed by atoms with E-state index >= 15 is 0 Å². The van der Waals surface area contributed by atoms with Gasteiger partial charge in [-0.3, -0.25) is 14.4 Å². The summed E-state index contributed by atoms with van der Waals surface area (Å²) in [6.07, 6.45) is 5.26. The molecule has 1 heterocycles. The number of nitrogens with zero attached hydrogens (tertiary/aromatic N) is 1. The minimum absolute atomic E-state index is 0.0408. The van der Waals surface area contributed by atoms with Crippen LogP contribution in [0.2, 0.25) is 4.34 Å². The molecular weight excluding hydrogens is 412 g/mol. The maximum atomic E-state index is 13.1. The number of carbonyl (C=O) groups excluding carboxylic acids is 3. The molecule has 2 unspecified atom stereocenters. The molecule has 1 aromatic rings. The monoisotopic (exact) mass is 438 g/mol. The van der Waals surface area contributed by atoms with Crippen molar-refractivity contribution in [2.75, 3.05) is 13.7 Å². The summed E-state index contributed by atoms with van der Waals surface area (Å²) in [5.41, 5.74) is -0.846. The van der Waals surface area contributed by atoms with Gasteiger partial charge in [0.25, 0.3) is 5.91 Å². The summed E-state index contributed by atoms with van der Waals surface area (Å²) in [6.45, 7) is 1.73. The predicted octanol–water partition coefficient (Wildman–Crippen LogP) is 3.38. The van der Waals surface area contributed by atoms with Crippen LogP contribution >= 0.6 is 22.9 Å². The van der Waals surface area contributed by atoms with Crippen LogP contribution in [0.1, 0.15) is 50.3 Å². The van der Waals surface area contributed by atoms with Crippen molar-refractivity contribution in [3.63, 3.8) is 0 Å². The van der Waals surface area contributed by atoms with Crippen LogP contribution in [0, 0.1) is 17.3 Å². The molecule has 1 N–H and O–H groups in total. The molecule has 8 heteroatoms. The lowest BCUT2D eigenvalue weighted by Crippen LogP contribution is -2.64. The van der Waals surface area contributed by atoms with E-state index in [0.717, 1.165) is 37.0 Å². The third-order valence-electron chi connectivity index (χ3n) is 6.71. The average molecular weight is 439 g/mol. The van der Waals surface area contributed by atoms with Crippen molar-refractivity contribution < 1.29 is 19.1 Å². The van der Waals surface area contributed by atoms with Gasteiger partial charge in [-0.2, -0.15) is 0 Å². The zero-order chi connectivity index (χ0) is 20.8. The van der Waals surface area contributed by atoms with E-state index < -0.39 is 5.41 Å². The Labute approximate surface area is 179 Å². The van der Waals surface area contributed by atoms with E-state index in [0.29, 0.717) is 29.1 Å². The minimum atomic E-state index is -0.563. The highest BCUT2D eigenvalue weighted by Crippen LogP contribution is 2.62. The standard InChI is InChI=1S/C21H27ClN2O4S/c1-13(25)23-21-8-14-5-15(9-21)7-20(6-14,12-21)19(27)28-11-18(26)24(2)10-16-3-4-17(22)29-16/h3-4,14-15H,5-12H2,1-2H3,(H,23,25). The van der Waals surface area contributed by atoms with Gasteiger partial charge < -0.3 is 15.0 Å². The Balaban J connectivity index is 1.38. The molecular formula is C21H27ClN2O4S. The van der Waals surface area contributed by atoms with Crippen LogP contribution in [0.5, 0.6) is 0 Å². The Kier molecular flexibility index (Phi) is 5.40. The predicted molar refractivity (Wildman–Crippen MR) is 110 cm³/mol. The third-order valence-corrected chi connectivity index (χ3v) is 7.93. The Bertz CT molecular complexity index is 824. The van der Waals surface area contributed by atoms with Gasteiger partial charge >= 0.3 is 5.97 Å². The molecule has 0 aromatic carbocycles. The summed E-state index contributed by atoms with van der Waals surface area (Å²) in [4.78, 5) is 39.8. The lowest BCUT2D eigenvalue weighted by molar-refractivity contribution is -0.178. The number of esters is 1. The second-order valence-corrected chi connectivity index (χ2v) is 11.0. The van der Waals surface area contributed by atoms with E-state index in [4.69, 9.17) is 16.3 Å². The van der Waals surface area contributed by atoms with Gasteiger partial charge in [0.2, 0.25) is 5.91 Å². The van der Waals surface area contributed by atoms with Gasteiger partial charge in [0.1, 0.15) is 0 Å². The number of rotatable bonds is 6. The van der Waals surface area contributed by atoms with E-state index in [1.807, 2.05) is 6.07 Å². The molecule has 4 saturated carbocycles. The van der Waals surface area contributed by atoms with E-state index in [-0.39, 0.29) is 29.9 Å². The van der Waals surface area contributed by atoms with Crippen molar-refractivity contribution in [1.29, 1.82) is 0 Å². The molecule has 158 valence electrons. The summed E-state index contributed by atoms with van der Waals surface area (Å²) >= 11 is 7.37. The fourth-order valence-corrected chi connectivity index (χ4v) is 7.31.